The third-order valence-corrected chi connectivity index (χ3v) is 2.90. The van der Waals surface area contributed by atoms with E-state index in [1.807, 2.05) is 13.8 Å². The van der Waals surface area contributed by atoms with Gasteiger partial charge in [0.25, 0.3) is 5.91 Å². The fourth-order valence-electron chi connectivity index (χ4n) is 1.80. The smallest absolute Gasteiger partial charge is 0.287 e. The molecule has 0 fully saturated rings. The largest absolute Gasteiger partial charge is 0.459 e. The highest BCUT2D eigenvalue weighted by molar-refractivity contribution is 5.99. The van der Waals surface area contributed by atoms with Gasteiger partial charge in [-0.15, -0.1) is 0 Å². The molecule has 21 heavy (non-hydrogen) atoms. The minimum Gasteiger partial charge on any atom is -0.459 e. The molecule has 6 nitrogen and oxygen atoms in total. The number of nitrogens with zero attached hydrogens (tertiary/aromatic N) is 1. The van der Waals surface area contributed by atoms with Crippen molar-refractivity contribution in [2.75, 3.05) is 5.32 Å². The molecule has 6 heteroatoms. The van der Waals surface area contributed by atoms with Crippen molar-refractivity contribution in [2.24, 2.45) is 5.92 Å². The molecule has 0 aromatic carbocycles. The summed E-state index contributed by atoms with van der Waals surface area (Å²) in [7, 11) is 0. The molecule has 0 spiro atoms. The summed E-state index contributed by atoms with van der Waals surface area (Å²) in [4.78, 5) is 28.3. The molecule has 2 amide bonds. The lowest BCUT2D eigenvalue weighted by molar-refractivity contribution is -0.118. The number of carbonyl (C=O) groups is 2. The van der Waals surface area contributed by atoms with Crippen LogP contribution in [0.25, 0.3) is 0 Å². The van der Waals surface area contributed by atoms with Crippen molar-refractivity contribution in [3.8, 4) is 0 Å². The maximum atomic E-state index is 12.3. The average Bonchev–Trinajstić information content (AvgIpc) is 2.99. The molecule has 1 atom stereocenters. The third kappa shape index (κ3) is 3.92. The Balaban J connectivity index is 2.05. The first-order valence-corrected chi connectivity index (χ1v) is 6.64. The molecule has 0 aliphatic carbocycles. The number of aromatic nitrogens is 1. The molecular formula is C15H17N3O3. The van der Waals surface area contributed by atoms with Crippen LogP contribution in [0.5, 0.6) is 0 Å². The highest BCUT2D eigenvalue weighted by Crippen LogP contribution is 2.08. The number of pyridine rings is 1. The Morgan fingerprint density at radius 1 is 1.19 bits per heavy atom. The van der Waals surface area contributed by atoms with Crippen LogP contribution in [-0.2, 0) is 4.79 Å². The van der Waals surface area contributed by atoms with E-state index < -0.39 is 11.9 Å². The monoisotopic (exact) mass is 287 g/mol. The molecule has 0 aliphatic rings. The third-order valence-electron chi connectivity index (χ3n) is 2.90. The van der Waals surface area contributed by atoms with Gasteiger partial charge >= 0.3 is 0 Å². The lowest BCUT2D eigenvalue weighted by Gasteiger charge is -2.20. The van der Waals surface area contributed by atoms with Crippen LogP contribution in [0.3, 0.4) is 0 Å². The first kappa shape index (κ1) is 14.8. The topological polar surface area (TPSA) is 84.2 Å². The lowest BCUT2D eigenvalue weighted by atomic mass is 10.0. The SMILES string of the molecule is CC(C)[C@@H](NC(=O)c1ccco1)C(=O)Nc1ccccn1. The molecule has 0 aliphatic heterocycles. The number of carbonyl (C=O) groups excluding carboxylic acids is 2. The minimum absolute atomic E-state index is 0.0763. The van der Waals surface area contributed by atoms with Crippen molar-refractivity contribution in [3.63, 3.8) is 0 Å². The molecule has 2 aromatic heterocycles. The van der Waals surface area contributed by atoms with Crippen LogP contribution < -0.4 is 10.6 Å². The number of nitrogens with one attached hydrogen (secondary N) is 2. The Kier molecular flexibility index (Phi) is 4.71. The van der Waals surface area contributed by atoms with E-state index >= 15 is 0 Å². The van der Waals surface area contributed by atoms with Gasteiger partial charge in [-0.2, -0.15) is 0 Å². The van der Waals surface area contributed by atoms with Crippen molar-refractivity contribution in [3.05, 3.63) is 48.6 Å². The van der Waals surface area contributed by atoms with Gasteiger partial charge in [-0.1, -0.05) is 19.9 Å². The zero-order valence-corrected chi connectivity index (χ0v) is 11.9. The lowest BCUT2D eigenvalue weighted by Crippen LogP contribution is -2.47. The van der Waals surface area contributed by atoms with E-state index in [9.17, 15) is 9.59 Å². The number of anilines is 1. The zero-order valence-electron chi connectivity index (χ0n) is 11.9. The quantitative estimate of drug-likeness (QED) is 0.881. The molecule has 110 valence electrons. The number of amides is 2. The van der Waals surface area contributed by atoms with Crippen LogP contribution in [-0.4, -0.2) is 22.8 Å². The molecule has 2 N–H and O–H groups in total. The number of hydrogen-bond acceptors (Lipinski definition) is 4. The summed E-state index contributed by atoms with van der Waals surface area (Å²) in [6.07, 6.45) is 2.99. The van der Waals surface area contributed by atoms with Gasteiger partial charge in [0.15, 0.2) is 5.76 Å². The molecule has 0 unspecified atom stereocenters. The first-order valence-electron chi connectivity index (χ1n) is 6.64. The van der Waals surface area contributed by atoms with Crippen LogP contribution >= 0.6 is 0 Å². The van der Waals surface area contributed by atoms with Crippen LogP contribution in [0, 0.1) is 5.92 Å². The highest BCUT2D eigenvalue weighted by Gasteiger charge is 2.25. The van der Waals surface area contributed by atoms with Gasteiger partial charge in [0.05, 0.1) is 6.26 Å². The molecule has 0 bridgehead atoms. The van der Waals surface area contributed by atoms with Gasteiger partial charge in [-0.25, -0.2) is 4.98 Å². The van der Waals surface area contributed by atoms with E-state index in [0.717, 1.165) is 0 Å². The van der Waals surface area contributed by atoms with Crippen LogP contribution in [0.4, 0.5) is 5.82 Å². The Morgan fingerprint density at radius 2 is 2.00 bits per heavy atom. The molecule has 2 rings (SSSR count). The second-order valence-corrected chi connectivity index (χ2v) is 4.88. The van der Waals surface area contributed by atoms with E-state index in [4.69, 9.17) is 4.42 Å². The Hall–Kier alpha value is -2.63. The van der Waals surface area contributed by atoms with Crippen LogP contribution in [0.1, 0.15) is 24.4 Å². The van der Waals surface area contributed by atoms with Gasteiger partial charge in [0, 0.05) is 6.20 Å². The van der Waals surface area contributed by atoms with E-state index in [1.165, 1.54) is 6.26 Å². The van der Waals surface area contributed by atoms with Gasteiger partial charge in [-0.05, 0) is 30.2 Å². The van der Waals surface area contributed by atoms with Gasteiger partial charge < -0.3 is 15.1 Å². The standard InChI is InChI=1S/C15H17N3O3/c1-10(2)13(18-14(19)11-6-5-9-21-11)15(20)17-12-7-3-4-8-16-12/h3-10,13H,1-2H3,(H,18,19)(H,16,17,20)/t13-/m1/s1. The van der Waals surface area contributed by atoms with Crippen molar-refractivity contribution >= 4 is 17.6 Å². The average molecular weight is 287 g/mol. The first-order chi connectivity index (χ1) is 10.1. The van der Waals surface area contributed by atoms with Gasteiger partial charge in [0.1, 0.15) is 11.9 Å². The van der Waals surface area contributed by atoms with Crippen molar-refractivity contribution in [2.45, 2.75) is 19.9 Å². The van der Waals surface area contributed by atoms with Crippen molar-refractivity contribution in [1.82, 2.24) is 10.3 Å². The fourth-order valence-corrected chi connectivity index (χ4v) is 1.80. The van der Waals surface area contributed by atoms with E-state index in [0.29, 0.717) is 5.82 Å². The number of rotatable bonds is 5. The summed E-state index contributed by atoms with van der Waals surface area (Å²) in [6, 6.07) is 7.70. The fraction of sp³-hybridized carbons (Fsp3) is 0.267. The van der Waals surface area contributed by atoms with Gasteiger partial charge in [-0.3, -0.25) is 9.59 Å². The summed E-state index contributed by atoms with van der Waals surface area (Å²) >= 11 is 0. The number of furan rings is 1. The van der Waals surface area contributed by atoms with Crippen molar-refractivity contribution in [1.29, 1.82) is 0 Å². The number of hydrogen-bond donors (Lipinski definition) is 2. The summed E-state index contributed by atoms with van der Waals surface area (Å²) < 4.78 is 5.02. The highest BCUT2D eigenvalue weighted by atomic mass is 16.3. The second kappa shape index (κ2) is 6.69. The normalized spacial score (nSPS) is 12.0. The van der Waals surface area contributed by atoms with Gasteiger partial charge in [0.2, 0.25) is 5.91 Å². The Bertz CT molecular complexity index is 594. The minimum atomic E-state index is -0.676. The summed E-state index contributed by atoms with van der Waals surface area (Å²) in [6.45, 7) is 3.70. The maximum Gasteiger partial charge on any atom is 0.287 e. The maximum absolute atomic E-state index is 12.3. The predicted molar refractivity (Wildman–Crippen MR) is 77.7 cm³/mol. The van der Waals surface area contributed by atoms with Crippen LogP contribution in [0.2, 0.25) is 0 Å². The summed E-state index contributed by atoms with van der Waals surface area (Å²) in [5.74, 6) is -0.196. The molecule has 0 saturated carbocycles. The molecule has 0 radical (unpaired) electrons. The van der Waals surface area contributed by atoms with E-state index in [2.05, 4.69) is 15.6 Å². The molecule has 2 aromatic rings. The predicted octanol–water partition coefficient (Wildman–Crippen LogP) is 2.07. The van der Waals surface area contributed by atoms with E-state index in [1.54, 1.807) is 36.5 Å². The molecular weight excluding hydrogens is 270 g/mol. The summed E-state index contributed by atoms with van der Waals surface area (Å²) in [5, 5.41) is 5.34. The Morgan fingerprint density at radius 3 is 2.57 bits per heavy atom. The second-order valence-electron chi connectivity index (χ2n) is 4.88. The summed E-state index contributed by atoms with van der Waals surface area (Å²) in [5.41, 5.74) is 0. The molecule has 2 heterocycles. The van der Waals surface area contributed by atoms with E-state index in [-0.39, 0.29) is 17.6 Å². The molecule has 0 saturated heterocycles. The Labute approximate surface area is 122 Å². The van der Waals surface area contributed by atoms with Crippen LogP contribution in [0.15, 0.2) is 47.2 Å². The van der Waals surface area contributed by atoms with Crippen molar-refractivity contribution < 1.29 is 14.0 Å². The zero-order chi connectivity index (χ0) is 15.2.